The highest BCUT2D eigenvalue weighted by Crippen LogP contribution is 2.63. The lowest BCUT2D eigenvalue weighted by molar-refractivity contribution is -0.146. The maximum atomic E-state index is 13.1. The molecule has 0 aliphatic heterocycles. The Morgan fingerprint density at radius 2 is 0.894 bits per heavy atom. The largest absolute Gasteiger partial charge is 0.481 e. The Kier molecular flexibility index (Phi) is 28.4. The van der Waals surface area contributed by atoms with Crippen LogP contribution >= 0.6 is 0 Å². The first-order chi connectivity index (χ1) is 41.5. The molecule has 0 heterocycles. The number of fused-ring (bicyclic) bond motifs is 10. The Morgan fingerprint density at radius 1 is 0.471 bits per heavy atom. The number of hydrogen-bond acceptors (Lipinski definition) is 9. The molecule has 16 atom stereocenters. The summed E-state index contributed by atoms with van der Waals surface area (Å²) in [5.74, 6) is 13.6. The van der Waals surface area contributed by atoms with Crippen molar-refractivity contribution in [3.63, 3.8) is 0 Å². The average molecular weight is 1180 g/mol. The van der Waals surface area contributed by atoms with Gasteiger partial charge in [-0.05, 0) is 216 Å². The van der Waals surface area contributed by atoms with E-state index in [1.807, 2.05) is 0 Å². The molecule has 0 aromatic heterocycles. The van der Waals surface area contributed by atoms with Crippen LogP contribution in [0, 0.1) is 107 Å². The van der Waals surface area contributed by atoms with Gasteiger partial charge in [-0.3, -0.25) is 9.59 Å². The van der Waals surface area contributed by atoms with E-state index >= 15 is 0 Å². The second-order valence-corrected chi connectivity index (χ2v) is 29.2. The minimum atomic E-state index is -0.284. The number of esters is 4. The molecular formula is C76H118O9. The highest BCUT2D eigenvalue weighted by Gasteiger charge is 2.57. The number of terminal acetylenes is 1. The minimum Gasteiger partial charge on any atom is -0.481 e. The molecule has 15 unspecified atom stereocenters. The fraction of sp³-hybridized carbons (Fsp3) is 0.816. The van der Waals surface area contributed by atoms with Crippen molar-refractivity contribution in [3.05, 3.63) is 42.0 Å². The molecule has 9 heteroatoms. The summed E-state index contributed by atoms with van der Waals surface area (Å²) < 4.78 is 28.8. The normalized spacial score (nSPS) is 30.4. The van der Waals surface area contributed by atoms with Crippen LogP contribution in [0.3, 0.4) is 0 Å². The fourth-order valence-electron chi connectivity index (χ4n) is 19.2. The monoisotopic (exact) mass is 1170 g/mol. The van der Waals surface area contributed by atoms with Gasteiger partial charge in [0.1, 0.15) is 12.4 Å². The molecule has 0 N–H and O–H groups in total. The van der Waals surface area contributed by atoms with Gasteiger partial charge in [0.15, 0.2) is 0 Å². The zero-order chi connectivity index (χ0) is 59.8. The van der Waals surface area contributed by atoms with Crippen LogP contribution in [0.4, 0.5) is 0 Å². The molecule has 0 amide bonds. The maximum absolute atomic E-state index is 13.1. The summed E-state index contributed by atoms with van der Waals surface area (Å²) in [4.78, 5) is 50.8. The third-order valence-corrected chi connectivity index (χ3v) is 23.3. The number of rotatable bonds is 42. The Labute approximate surface area is 516 Å². The lowest BCUT2D eigenvalue weighted by Gasteiger charge is -2.44. The van der Waals surface area contributed by atoms with E-state index in [0.717, 1.165) is 92.3 Å². The number of hydrogen-bond donors (Lipinski definition) is 0. The van der Waals surface area contributed by atoms with Gasteiger partial charge in [-0.1, -0.05) is 168 Å². The van der Waals surface area contributed by atoms with Crippen molar-refractivity contribution in [2.75, 3.05) is 33.0 Å². The van der Waals surface area contributed by atoms with Crippen molar-refractivity contribution in [3.8, 4) is 18.1 Å². The van der Waals surface area contributed by atoms with Gasteiger partial charge in [-0.25, -0.2) is 9.59 Å². The quantitative estimate of drug-likeness (QED) is 0.0207. The fourth-order valence-corrected chi connectivity index (χ4v) is 19.2. The molecule has 1 aromatic rings. The van der Waals surface area contributed by atoms with Crippen LogP contribution in [0.5, 0.6) is 5.75 Å². The SMILES string of the molecule is C#CCOc1ccc(C(=O)OCC2CC3C4CC(COC(=O)CCCCCCCCC5C(CCCCCCCC)CCC(CCCCCC)C5CCCCCCCCC(=O)OCC5CC6C7CC(COC(=O)C(=C)C)C(C7)C6C5)[C@@H](C4)C3C2)cc1. The van der Waals surface area contributed by atoms with Crippen molar-refractivity contribution >= 4 is 23.9 Å². The molecule has 85 heavy (non-hydrogen) atoms. The van der Waals surface area contributed by atoms with E-state index in [0.29, 0.717) is 103 Å². The van der Waals surface area contributed by atoms with Gasteiger partial charge in [-0.2, -0.15) is 0 Å². The van der Waals surface area contributed by atoms with Gasteiger partial charge in [-0.15, -0.1) is 6.42 Å². The third-order valence-electron chi connectivity index (χ3n) is 23.3. The first-order valence-corrected chi connectivity index (χ1v) is 36.0. The molecule has 0 saturated heterocycles. The average Bonchev–Trinajstić information content (AvgIpc) is 2.18. The zero-order valence-corrected chi connectivity index (χ0v) is 53.9. The summed E-state index contributed by atoms with van der Waals surface area (Å²) in [6.45, 7) is 12.5. The second kappa shape index (κ2) is 36.0. The lowest BCUT2D eigenvalue weighted by Crippen LogP contribution is -2.35. The third kappa shape index (κ3) is 20.4. The van der Waals surface area contributed by atoms with Gasteiger partial charge in [0, 0.05) is 18.4 Å². The number of benzene rings is 1. The van der Waals surface area contributed by atoms with Crippen LogP contribution in [-0.2, 0) is 33.3 Å². The number of carbonyl (C=O) groups is 4. The molecule has 0 radical (unpaired) electrons. The molecule has 476 valence electrons. The summed E-state index contributed by atoms with van der Waals surface area (Å²) in [6.07, 6.45) is 52.8. The standard InChI is InChI=1S/C76H118O9/c1-6-9-11-13-18-24-30-58-36-35-57(29-23-12-10-7-2)65(31-25-19-14-16-21-27-33-73(77)82-50-55-42-67-61-47-63(53-85-75(79)54(4)5)70(49-61)71(67)44-55)66(58)32-26-20-15-17-22-28-34-74(78)83-52-62-46-60-48-69(62)72-45-56(43-68(60)72)51-84-76(80)59-37-39-64(40-38-59)81-41-8-3/h3,37-40,55-58,60-63,65-72H,4,6-7,9-36,41-53H2,1-2,5H3/t55?,56?,57?,58?,60?,61?,62?,63?,65?,66?,67?,68?,69-,70?,71?,72?/m1/s1. The number of carbonyl (C=O) groups excluding carboxylic acids is 4. The lowest BCUT2D eigenvalue weighted by atomic mass is 9.61. The predicted molar refractivity (Wildman–Crippen MR) is 341 cm³/mol. The van der Waals surface area contributed by atoms with E-state index in [9.17, 15) is 19.2 Å². The van der Waals surface area contributed by atoms with E-state index in [-0.39, 0.29) is 30.5 Å². The van der Waals surface area contributed by atoms with Gasteiger partial charge in [0.25, 0.3) is 0 Å². The summed E-state index contributed by atoms with van der Waals surface area (Å²) in [5, 5.41) is 0. The Bertz CT molecular complexity index is 2210. The molecule has 0 spiro atoms. The maximum Gasteiger partial charge on any atom is 0.338 e. The first-order valence-electron chi connectivity index (χ1n) is 36.0. The first kappa shape index (κ1) is 67.1. The highest BCUT2D eigenvalue weighted by molar-refractivity contribution is 5.89. The van der Waals surface area contributed by atoms with Crippen molar-refractivity contribution < 1.29 is 42.9 Å². The summed E-state index contributed by atoms with van der Waals surface area (Å²) in [6, 6.07) is 6.99. The highest BCUT2D eigenvalue weighted by atomic mass is 16.5. The topological polar surface area (TPSA) is 114 Å². The number of unbranched alkanes of at least 4 members (excludes halogenated alkanes) is 18. The van der Waals surface area contributed by atoms with Crippen LogP contribution in [0.2, 0.25) is 0 Å². The summed E-state index contributed by atoms with van der Waals surface area (Å²) in [5.41, 5.74) is 1.01. The van der Waals surface area contributed by atoms with Gasteiger partial charge >= 0.3 is 23.9 Å². The Morgan fingerprint density at radius 3 is 1.39 bits per heavy atom. The number of ether oxygens (including phenoxy) is 5. The molecule has 4 bridgehead atoms. The van der Waals surface area contributed by atoms with Crippen molar-refractivity contribution in [2.45, 2.75) is 265 Å². The van der Waals surface area contributed by atoms with E-state index in [1.165, 1.54) is 186 Å². The van der Waals surface area contributed by atoms with E-state index in [2.05, 4.69) is 26.3 Å². The van der Waals surface area contributed by atoms with Gasteiger partial charge < -0.3 is 23.7 Å². The minimum absolute atomic E-state index is 0.000590. The van der Waals surface area contributed by atoms with Crippen LogP contribution in [0.15, 0.2) is 36.4 Å². The van der Waals surface area contributed by atoms with Crippen molar-refractivity contribution in [1.82, 2.24) is 0 Å². The van der Waals surface area contributed by atoms with E-state index in [4.69, 9.17) is 30.1 Å². The smallest absolute Gasteiger partial charge is 0.338 e. The van der Waals surface area contributed by atoms with Crippen molar-refractivity contribution in [2.24, 2.45) is 94.7 Å². The van der Waals surface area contributed by atoms with Crippen LogP contribution in [-0.4, -0.2) is 56.9 Å². The van der Waals surface area contributed by atoms with Crippen LogP contribution in [0.25, 0.3) is 0 Å². The molecule has 8 rings (SSSR count). The second-order valence-electron chi connectivity index (χ2n) is 29.2. The molecule has 1 aromatic carbocycles. The van der Waals surface area contributed by atoms with Gasteiger partial charge in [0.05, 0.1) is 32.0 Å². The molecule has 7 fully saturated rings. The van der Waals surface area contributed by atoms with Crippen LogP contribution in [0.1, 0.15) is 275 Å². The van der Waals surface area contributed by atoms with Gasteiger partial charge in [0.2, 0.25) is 0 Å². The predicted octanol–water partition coefficient (Wildman–Crippen LogP) is 18.9. The molecule has 7 saturated carbocycles. The van der Waals surface area contributed by atoms with E-state index in [1.54, 1.807) is 31.2 Å². The Balaban J connectivity index is 0.690. The summed E-state index contributed by atoms with van der Waals surface area (Å²) >= 11 is 0. The molecular weight excluding hydrogens is 1060 g/mol. The van der Waals surface area contributed by atoms with E-state index < -0.39 is 0 Å². The molecule has 7 aliphatic carbocycles. The molecule has 9 nitrogen and oxygen atoms in total. The summed E-state index contributed by atoms with van der Waals surface area (Å²) in [7, 11) is 0. The van der Waals surface area contributed by atoms with Crippen LogP contribution < -0.4 is 4.74 Å². The Hall–Kier alpha value is -3.80. The molecule has 7 aliphatic rings. The van der Waals surface area contributed by atoms with Crippen molar-refractivity contribution in [1.29, 1.82) is 0 Å². The zero-order valence-electron chi connectivity index (χ0n) is 53.9.